The van der Waals surface area contributed by atoms with Crippen molar-refractivity contribution in [3.63, 3.8) is 0 Å². The van der Waals surface area contributed by atoms with Gasteiger partial charge < -0.3 is 23.5 Å². The summed E-state index contributed by atoms with van der Waals surface area (Å²) in [4.78, 5) is 27.0. The smallest absolute Gasteiger partial charge is 0.339 e. The second-order valence-electron chi connectivity index (χ2n) is 8.20. The maximum Gasteiger partial charge on any atom is 0.339 e. The van der Waals surface area contributed by atoms with Gasteiger partial charge in [-0.3, -0.25) is 14.3 Å². The van der Waals surface area contributed by atoms with Crippen LogP contribution in [0.1, 0.15) is 37.4 Å². The summed E-state index contributed by atoms with van der Waals surface area (Å²) in [5.41, 5.74) is -1.44. The maximum atomic E-state index is 12.8. The Morgan fingerprint density at radius 3 is 2.42 bits per heavy atom. The summed E-state index contributed by atoms with van der Waals surface area (Å²) in [6, 6.07) is 5.81. The Balaban J connectivity index is 1.63. The second kappa shape index (κ2) is 6.50. The number of aromatic nitrogens is 2. The van der Waals surface area contributed by atoms with Crippen LogP contribution in [0.15, 0.2) is 38.8 Å². The van der Waals surface area contributed by atoms with E-state index in [2.05, 4.69) is 0 Å². The van der Waals surface area contributed by atoms with Crippen LogP contribution in [0.4, 0.5) is 0 Å². The fourth-order valence-electron chi connectivity index (χ4n) is 4.25. The van der Waals surface area contributed by atoms with E-state index in [4.69, 9.17) is 18.4 Å². The summed E-state index contributed by atoms with van der Waals surface area (Å²) in [6.07, 6.45) is -5.07. The van der Waals surface area contributed by atoms with Crippen molar-refractivity contribution in [2.24, 2.45) is 0 Å². The Morgan fingerprint density at radius 1 is 1.10 bits per heavy atom. The SMILES string of the molecule is Cc1ccc(S(=O)(=O)Oc2c3n(c(=O)[nH]c2=O)[C@@H]2O[C@@H]([C@H]4OC(C)(C)O[C@H]42)[C@H]3O)cc1. The predicted molar refractivity (Wildman–Crippen MR) is 103 cm³/mol. The molecular formula is C19H20N2O9S. The fourth-order valence-corrected chi connectivity index (χ4v) is 5.19. The van der Waals surface area contributed by atoms with Gasteiger partial charge in [0.25, 0.3) is 5.56 Å². The highest BCUT2D eigenvalue weighted by atomic mass is 32.2. The normalized spacial score (nSPS) is 30.6. The summed E-state index contributed by atoms with van der Waals surface area (Å²) >= 11 is 0. The van der Waals surface area contributed by atoms with Gasteiger partial charge in [0, 0.05) is 0 Å². The number of ether oxygens (including phenoxy) is 3. The molecule has 2 aromatic rings. The number of fused-ring (bicyclic) bond motifs is 7. The number of rotatable bonds is 3. The third-order valence-corrected chi connectivity index (χ3v) is 6.79. The van der Waals surface area contributed by atoms with Crippen LogP contribution < -0.4 is 15.4 Å². The van der Waals surface area contributed by atoms with E-state index < -0.39 is 63.5 Å². The zero-order chi connectivity index (χ0) is 22.3. The average molecular weight is 452 g/mol. The van der Waals surface area contributed by atoms with Crippen molar-refractivity contribution in [2.75, 3.05) is 0 Å². The number of aliphatic hydroxyl groups is 1. The number of aromatic amines is 1. The molecule has 12 heteroatoms. The molecule has 2 bridgehead atoms. The monoisotopic (exact) mass is 452 g/mol. The molecule has 2 N–H and O–H groups in total. The van der Waals surface area contributed by atoms with Gasteiger partial charge in [0.2, 0.25) is 5.75 Å². The molecule has 11 nitrogen and oxygen atoms in total. The van der Waals surface area contributed by atoms with Gasteiger partial charge in [-0.1, -0.05) is 17.7 Å². The summed E-state index contributed by atoms with van der Waals surface area (Å²) in [5.74, 6) is -1.67. The first kappa shape index (κ1) is 20.4. The van der Waals surface area contributed by atoms with E-state index in [-0.39, 0.29) is 10.6 Å². The van der Waals surface area contributed by atoms with Gasteiger partial charge >= 0.3 is 15.8 Å². The van der Waals surface area contributed by atoms with Crippen LogP contribution in [0.5, 0.6) is 5.75 Å². The number of nitrogens with zero attached hydrogens (tertiary/aromatic N) is 1. The molecular weight excluding hydrogens is 432 g/mol. The van der Waals surface area contributed by atoms with Crippen LogP contribution in [0.3, 0.4) is 0 Å². The number of hydrogen-bond donors (Lipinski definition) is 2. The molecule has 3 aliphatic heterocycles. The third kappa shape index (κ3) is 3.05. The van der Waals surface area contributed by atoms with E-state index >= 15 is 0 Å². The van der Waals surface area contributed by atoms with Gasteiger partial charge in [-0.25, -0.2) is 4.79 Å². The minimum Gasteiger partial charge on any atom is -0.384 e. The minimum absolute atomic E-state index is 0.183. The molecule has 0 unspecified atom stereocenters. The molecule has 1 aromatic heterocycles. The highest BCUT2D eigenvalue weighted by Gasteiger charge is 2.62. The van der Waals surface area contributed by atoms with E-state index in [0.717, 1.165) is 10.1 Å². The molecule has 2 saturated heterocycles. The van der Waals surface area contributed by atoms with E-state index in [1.54, 1.807) is 32.9 Å². The van der Waals surface area contributed by atoms with Gasteiger partial charge in [-0.05, 0) is 32.9 Å². The maximum absolute atomic E-state index is 12.8. The highest BCUT2D eigenvalue weighted by molar-refractivity contribution is 7.87. The summed E-state index contributed by atoms with van der Waals surface area (Å²) in [5, 5.41) is 11.0. The topological polar surface area (TPSA) is 146 Å². The first-order chi connectivity index (χ1) is 14.5. The zero-order valence-electron chi connectivity index (χ0n) is 16.8. The van der Waals surface area contributed by atoms with Gasteiger partial charge in [0.05, 0.1) is 0 Å². The molecule has 4 heterocycles. The molecule has 3 aliphatic rings. The van der Waals surface area contributed by atoms with Gasteiger partial charge in [0.1, 0.15) is 35.0 Å². The van der Waals surface area contributed by atoms with Crippen molar-refractivity contribution in [2.45, 2.75) is 62.1 Å². The molecule has 0 amide bonds. The molecule has 0 radical (unpaired) electrons. The van der Waals surface area contributed by atoms with Gasteiger partial charge in [0.15, 0.2) is 12.0 Å². The lowest BCUT2D eigenvalue weighted by atomic mass is 10.0. The van der Waals surface area contributed by atoms with Crippen LogP contribution >= 0.6 is 0 Å². The Kier molecular flexibility index (Phi) is 4.27. The van der Waals surface area contributed by atoms with Crippen molar-refractivity contribution in [3.8, 4) is 5.75 Å². The second-order valence-corrected chi connectivity index (χ2v) is 9.74. The summed E-state index contributed by atoms with van der Waals surface area (Å²) in [6.45, 7) is 5.16. The van der Waals surface area contributed by atoms with Crippen LogP contribution in [-0.4, -0.2) is 47.2 Å². The lowest BCUT2D eigenvalue weighted by Gasteiger charge is -2.33. The van der Waals surface area contributed by atoms with Gasteiger partial charge in [-0.15, -0.1) is 0 Å². The highest BCUT2D eigenvalue weighted by Crippen LogP contribution is 2.50. The molecule has 0 saturated carbocycles. The van der Waals surface area contributed by atoms with Crippen LogP contribution in [0.2, 0.25) is 0 Å². The number of hydrogen-bond acceptors (Lipinski definition) is 9. The molecule has 5 atom stereocenters. The van der Waals surface area contributed by atoms with Crippen molar-refractivity contribution < 1.29 is 31.9 Å². The van der Waals surface area contributed by atoms with Crippen LogP contribution in [-0.2, 0) is 24.3 Å². The predicted octanol–water partition coefficient (Wildman–Crippen LogP) is 0.0772. The Labute approximate surface area is 176 Å². The number of H-pyrrole nitrogens is 1. The molecule has 0 spiro atoms. The van der Waals surface area contributed by atoms with Crippen LogP contribution in [0.25, 0.3) is 0 Å². The molecule has 166 valence electrons. The van der Waals surface area contributed by atoms with E-state index in [0.29, 0.717) is 0 Å². The van der Waals surface area contributed by atoms with E-state index in [1.807, 2.05) is 4.98 Å². The zero-order valence-corrected chi connectivity index (χ0v) is 17.6. The Morgan fingerprint density at radius 2 is 1.74 bits per heavy atom. The van der Waals surface area contributed by atoms with Crippen molar-refractivity contribution in [1.82, 2.24) is 9.55 Å². The number of aliphatic hydroxyl groups excluding tert-OH is 1. The first-order valence-electron chi connectivity index (χ1n) is 9.57. The Hall–Kier alpha value is -2.51. The first-order valence-corrected chi connectivity index (χ1v) is 11.0. The molecule has 2 fully saturated rings. The van der Waals surface area contributed by atoms with E-state index in [1.165, 1.54) is 12.1 Å². The fraction of sp³-hybridized carbons (Fsp3) is 0.474. The largest absolute Gasteiger partial charge is 0.384 e. The van der Waals surface area contributed by atoms with Crippen molar-refractivity contribution in [1.29, 1.82) is 0 Å². The standard InChI is InChI=1S/C19H20N2O9S/c1-8-4-6-9(7-5-8)31(25,26)30-12-10-11(22)13-14-15(29-19(2,3)28-14)17(27-13)21(10)18(24)20-16(12)23/h4-7,11,13-15,17,22H,1-3H3,(H,20,23,24)/t11-,13+,14+,15+,17+/m0/s1. The number of nitrogens with one attached hydrogen (secondary N) is 1. The minimum atomic E-state index is -4.42. The Bertz CT molecular complexity index is 1280. The number of aryl methyl sites for hydroxylation is 1. The summed E-state index contributed by atoms with van der Waals surface area (Å²) in [7, 11) is -4.42. The third-order valence-electron chi connectivity index (χ3n) is 5.55. The molecule has 1 aromatic carbocycles. The molecule has 0 aliphatic carbocycles. The quantitative estimate of drug-likeness (QED) is 0.618. The number of benzene rings is 1. The van der Waals surface area contributed by atoms with Crippen molar-refractivity contribution >= 4 is 10.1 Å². The molecule has 31 heavy (non-hydrogen) atoms. The molecule has 5 rings (SSSR count). The lowest BCUT2D eigenvalue weighted by molar-refractivity contribution is -0.218. The van der Waals surface area contributed by atoms with Crippen LogP contribution in [0, 0.1) is 6.92 Å². The van der Waals surface area contributed by atoms with E-state index in [9.17, 15) is 23.1 Å². The lowest BCUT2D eigenvalue weighted by Crippen LogP contribution is -2.44. The average Bonchev–Trinajstić information content (AvgIpc) is 3.14. The van der Waals surface area contributed by atoms with Crippen molar-refractivity contribution in [3.05, 3.63) is 56.4 Å². The van der Waals surface area contributed by atoms with Gasteiger partial charge in [-0.2, -0.15) is 8.42 Å². The summed E-state index contributed by atoms with van der Waals surface area (Å²) < 4.78 is 49.0.